The van der Waals surface area contributed by atoms with Crippen molar-refractivity contribution in [1.82, 2.24) is 3.97 Å². The van der Waals surface area contributed by atoms with Crippen LogP contribution < -0.4 is 0 Å². The van der Waals surface area contributed by atoms with Crippen LogP contribution in [0, 0.1) is 0 Å². The molecule has 1 nitrogen and oxygen atoms in total. The Morgan fingerprint density at radius 3 is 2.53 bits per heavy atom. The van der Waals surface area contributed by atoms with Crippen LogP contribution in [-0.4, -0.2) is 3.97 Å². The van der Waals surface area contributed by atoms with Gasteiger partial charge >= 0.3 is 0 Å². The van der Waals surface area contributed by atoms with Gasteiger partial charge in [0.15, 0.2) is 0 Å². The van der Waals surface area contributed by atoms with E-state index in [0.29, 0.717) is 0 Å². The highest BCUT2D eigenvalue weighted by Gasteiger charge is 2.05. The molecule has 0 atom stereocenters. The van der Waals surface area contributed by atoms with Crippen LogP contribution >= 0.6 is 23.5 Å². The molecular formula is C14H10ClNS. The molecule has 0 bridgehead atoms. The van der Waals surface area contributed by atoms with Gasteiger partial charge in [0.2, 0.25) is 0 Å². The molecule has 0 aliphatic rings. The van der Waals surface area contributed by atoms with Crippen molar-refractivity contribution in [1.29, 1.82) is 0 Å². The smallest absolute Gasteiger partial charge is 0.0780 e. The molecule has 0 fully saturated rings. The quantitative estimate of drug-likeness (QED) is 0.637. The molecule has 0 unspecified atom stereocenters. The van der Waals surface area contributed by atoms with Crippen molar-refractivity contribution in [3.8, 4) is 0 Å². The number of nitrogens with zero attached hydrogens (tertiary/aromatic N) is 1. The van der Waals surface area contributed by atoms with Crippen LogP contribution in [-0.2, 0) is 0 Å². The van der Waals surface area contributed by atoms with Crippen molar-refractivity contribution in [2.45, 2.75) is 4.90 Å². The zero-order valence-corrected chi connectivity index (χ0v) is 10.6. The number of halogens is 1. The van der Waals surface area contributed by atoms with E-state index in [1.54, 1.807) is 11.9 Å². The number of aromatic nitrogens is 1. The molecule has 3 rings (SSSR count). The minimum absolute atomic E-state index is 0.788. The van der Waals surface area contributed by atoms with Crippen molar-refractivity contribution in [3.63, 3.8) is 0 Å². The molecule has 0 aliphatic carbocycles. The molecule has 0 amide bonds. The van der Waals surface area contributed by atoms with Crippen LogP contribution in [0.1, 0.15) is 0 Å². The van der Waals surface area contributed by atoms with Crippen molar-refractivity contribution >= 4 is 34.5 Å². The lowest BCUT2D eigenvalue weighted by molar-refractivity contribution is 1.32. The molecule has 0 radical (unpaired) electrons. The van der Waals surface area contributed by atoms with Gasteiger partial charge in [-0.05, 0) is 36.2 Å². The van der Waals surface area contributed by atoms with Crippen LogP contribution in [0.5, 0.6) is 0 Å². The standard InChI is InChI=1S/C14H10ClNS/c15-13-8-4-5-11-9-10-16(14(11)13)17-12-6-2-1-3-7-12/h1-10H. The predicted molar refractivity (Wildman–Crippen MR) is 74.6 cm³/mol. The summed E-state index contributed by atoms with van der Waals surface area (Å²) in [6, 6.07) is 18.3. The largest absolute Gasteiger partial charge is 0.286 e. The van der Waals surface area contributed by atoms with E-state index in [2.05, 4.69) is 28.2 Å². The van der Waals surface area contributed by atoms with E-state index in [1.807, 2.05) is 36.5 Å². The second-order valence-electron chi connectivity index (χ2n) is 3.72. The first kappa shape index (κ1) is 10.8. The minimum Gasteiger partial charge on any atom is -0.286 e. The fourth-order valence-corrected chi connectivity index (χ4v) is 3.04. The third kappa shape index (κ3) is 2.06. The van der Waals surface area contributed by atoms with E-state index >= 15 is 0 Å². The zero-order valence-electron chi connectivity index (χ0n) is 9.01. The maximum Gasteiger partial charge on any atom is 0.0780 e. The Morgan fingerprint density at radius 2 is 1.71 bits per heavy atom. The molecule has 0 saturated heterocycles. The van der Waals surface area contributed by atoms with Gasteiger partial charge in [0.25, 0.3) is 0 Å². The van der Waals surface area contributed by atoms with Crippen molar-refractivity contribution in [2.75, 3.05) is 0 Å². The van der Waals surface area contributed by atoms with Gasteiger partial charge in [0.05, 0.1) is 10.5 Å². The van der Waals surface area contributed by atoms with E-state index in [1.165, 1.54) is 10.3 Å². The molecule has 0 aliphatic heterocycles. The summed E-state index contributed by atoms with van der Waals surface area (Å²) in [4.78, 5) is 1.20. The molecule has 3 heteroatoms. The summed E-state index contributed by atoms with van der Waals surface area (Å²) in [7, 11) is 0. The summed E-state index contributed by atoms with van der Waals surface area (Å²) >= 11 is 7.91. The van der Waals surface area contributed by atoms with E-state index in [-0.39, 0.29) is 0 Å². The van der Waals surface area contributed by atoms with Gasteiger partial charge in [-0.25, -0.2) is 0 Å². The van der Waals surface area contributed by atoms with Crippen molar-refractivity contribution in [3.05, 3.63) is 65.8 Å². The third-order valence-corrected chi connectivity index (χ3v) is 3.86. The summed E-state index contributed by atoms with van der Waals surface area (Å²) in [6.07, 6.45) is 2.05. The van der Waals surface area contributed by atoms with E-state index < -0.39 is 0 Å². The first-order valence-corrected chi connectivity index (χ1v) is 6.49. The second kappa shape index (κ2) is 4.47. The topological polar surface area (TPSA) is 4.93 Å². The number of fused-ring (bicyclic) bond motifs is 1. The lowest BCUT2D eigenvalue weighted by Gasteiger charge is -2.05. The van der Waals surface area contributed by atoms with Crippen LogP contribution in [0.2, 0.25) is 5.02 Å². The number of para-hydroxylation sites is 1. The maximum absolute atomic E-state index is 6.24. The van der Waals surface area contributed by atoms with Gasteiger partial charge in [-0.2, -0.15) is 0 Å². The SMILES string of the molecule is Clc1cccc2ccn(Sc3ccccc3)c12. The summed E-state index contributed by atoms with van der Waals surface area (Å²) in [5, 5.41) is 1.96. The van der Waals surface area contributed by atoms with Crippen LogP contribution in [0.4, 0.5) is 0 Å². The van der Waals surface area contributed by atoms with Gasteiger partial charge < -0.3 is 0 Å². The molecule has 1 heterocycles. The molecule has 17 heavy (non-hydrogen) atoms. The Bertz CT molecular complexity index is 646. The highest BCUT2D eigenvalue weighted by Crippen LogP contribution is 2.30. The normalized spacial score (nSPS) is 10.9. The van der Waals surface area contributed by atoms with Gasteiger partial charge in [-0.1, -0.05) is 41.9 Å². The van der Waals surface area contributed by atoms with Gasteiger partial charge in [0, 0.05) is 16.5 Å². The van der Waals surface area contributed by atoms with Crippen LogP contribution in [0.15, 0.2) is 65.7 Å². The fraction of sp³-hybridized carbons (Fsp3) is 0. The van der Waals surface area contributed by atoms with Gasteiger partial charge in [0.1, 0.15) is 0 Å². The highest BCUT2D eigenvalue weighted by molar-refractivity contribution is 7.98. The Kier molecular flexibility index (Phi) is 2.83. The molecular weight excluding hydrogens is 250 g/mol. The summed E-state index contributed by atoms with van der Waals surface area (Å²) in [5.74, 6) is 0. The first-order valence-electron chi connectivity index (χ1n) is 5.33. The van der Waals surface area contributed by atoms with Crippen LogP contribution in [0.25, 0.3) is 10.9 Å². The lowest BCUT2D eigenvalue weighted by Crippen LogP contribution is -1.84. The molecule has 84 valence electrons. The van der Waals surface area contributed by atoms with E-state index in [9.17, 15) is 0 Å². The molecule has 0 saturated carbocycles. The predicted octanol–water partition coefficient (Wildman–Crippen LogP) is 4.85. The molecule has 0 spiro atoms. The average molecular weight is 260 g/mol. The van der Waals surface area contributed by atoms with Crippen molar-refractivity contribution in [2.24, 2.45) is 0 Å². The van der Waals surface area contributed by atoms with Crippen molar-refractivity contribution < 1.29 is 0 Å². The first-order chi connectivity index (χ1) is 8.34. The fourth-order valence-electron chi connectivity index (χ4n) is 1.79. The van der Waals surface area contributed by atoms with Gasteiger partial charge in [-0.3, -0.25) is 3.97 Å². The number of hydrogen-bond acceptors (Lipinski definition) is 1. The average Bonchev–Trinajstić information content (AvgIpc) is 2.75. The Morgan fingerprint density at radius 1 is 0.882 bits per heavy atom. The number of hydrogen-bond donors (Lipinski definition) is 0. The Balaban J connectivity index is 2.07. The Labute approximate surface area is 109 Å². The zero-order chi connectivity index (χ0) is 11.7. The van der Waals surface area contributed by atoms with Gasteiger partial charge in [-0.15, -0.1) is 0 Å². The second-order valence-corrected chi connectivity index (χ2v) is 5.18. The molecule has 2 aromatic carbocycles. The Hall–Kier alpha value is -1.38. The van der Waals surface area contributed by atoms with Crippen LogP contribution in [0.3, 0.4) is 0 Å². The molecule has 1 aromatic heterocycles. The minimum atomic E-state index is 0.788. The number of benzene rings is 2. The number of rotatable bonds is 2. The monoisotopic (exact) mass is 259 g/mol. The summed E-state index contributed by atoms with van der Waals surface area (Å²) < 4.78 is 2.10. The summed E-state index contributed by atoms with van der Waals surface area (Å²) in [6.45, 7) is 0. The third-order valence-electron chi connectivity index (χ3n) is 2.57. The molecule has 3 aromatic rings. The van der Waals surface area contributed by atoms with E-state index in [0.717, 1.165) is 10.5 Å². The van der Waals surface area contributed by atoms with E-state index in [4.69, 9.17) is 11.6 Å². The highest BCUT2D eigenvalue weighted by atomic mass is 35.5. The molecule has 0 N–H and O–H groups in total. The summed E-state index contributed by atoms with van der Waals surface area (Å²) in [5.41, 5.74) is 1.07. The maximum atomic E-state index is 6.24. The lowest BCUT2D eigenvalue weighted by atomic mass is 10.2.